The molecule has 0 aliphatic rings. The predicted molar refractivity (Wildman–Crippen MR) is 69.0 cm³/mol. The lowest BCUT2D eigenvalue weighted by Crippen LogP contribution is -1.96. The van der Waals surface area contributed by atoms with Crippen LogP contribution in [0.15, 0.2) is 30.5 Å². The van der Waals surface area contributed by atoms with Gasteiger partial charge in [0.2, 0.25) is 0 Å². The molecule has 1 heterocycles. The van der Waals surface area contributed by atoms with Crippen LogP contribution in [0.2, 0.25) is 10.0 Å². The van der Waals surface area contributed by atoms with Crippen molar-refractivity contribution >= 4 is 23.2 Å². The Kier molecular flexibility index (Phi) is 3.81. The van der Waals surface area contributed by atoms with E-state index in [9.17, 15) is 4.39 Å². The van der Waals surface area contributed by atoms with Crippen LogP contribution in [-0.4, -0.2) is 4.98 Å². The number of rotatable bonds is 2. The maximum atomic E-state index is 14.2. The minimum absolute atomic E-state index is 0.0244. The van der Waals surface area contributed by atoms with E-state index in [1.54, 1.807) is 18.2 Å². The molecule has 2 aromatic rings. The Labute approximate surface area is 114 Å². The van der Waals surface area contributed by atoms with E-state index >= 15 is 0 Å². The molecule has 0 saturated heterocycles. The summed E-state index contributed by atoms with van der Waals surface area (Å²) in [4.78, 5) is 3.96. The van der Waals surface area contributed by atoms with Gasteiger partial charge in [0.1, 0.15) is 5.69 Å². The van der Waals surface area contributed by atoms with Crippen molar-refractivity contribution in [2.24, 2.45) is 0 Å². The summed E-state index contributed by atoms with van der Waals surface area (Å²) in [6.45, 7) is 0. The van der Waals surface area contributed by atoms with Gasteiger partial charge in [0, 0.05) is 17.3 Å². The molecule has 0 radical (unpaired) electrons. The average Bonchev–Trinajstić information content (AvgIpc) is 2.33. The summed E-state index contributed by atoms with van der Waals surface area (Å²) in [5, 5.41) is 9.27. The van der Waals surface area contributed by atoms with Crippen LogP contribution >= 0.6 is 23.2 Å². The second kappa shape index (κ2) is 5.34. The Morgan fingerprint density at radius 3 is 2.50 bits per heavy atom. The second-order valence-electron chi connectivity index (χ2n) is 3.56. The van der Waals surface area contributed by atoms with Crippen LogP contribution < -0.4 is 0 Å². The van der Waals surface area contributed by atoms with E-state index in [-0.39, 0.29) is 17.7 Å². The standard InChI is InChI=1S/C13H7Cl2FN2/c14-9-2-1-3-10(15)11(9)13-12(16)8(4-6-17)5-7-18-13/h1-3,5,7H,4H2. The topological polar surface area (TPSA) is 36.7 Å². The van der Waals surface area contributed by atoms with Crippen molar-refractivity contribution in [1.29, 1.82) is 5.26 Å². The third kappa shape index (κ3) is 2.31. The van der Waals surface area contributed by atoms with Crippen molar-refractivity contribution < 1.29 is 4.39 Å². The van der Waals surface area contributed by atoms with E-state index in [0.717, 1.165) is 0 Å². The van der Waals surface area contributed by atoms with Crippen LogP contribution in [0.3, 0.4) is 0 Å². The highest BCUT2D eigenvalue weighted by atomic mass is 35.5. The van der Waals surface area contributed by atoms with E-state index in [4.69, 9.17) is 28.5 Å². The van der Waals surface area contributed by atoms with Gasteiger partial charge >= 0.3 is 0 Å². The molecule has 5 heteroatoms. The first-order chi connectivity index (χ1) is 8.65. The molecule has 0 fully saturated rings. The third-order valence-electron chi connectivity index (χ3n) is 2.44. The molecule has 0 bridgehead atoms. The van der Waals surface area contributed by atoms with Crippen molar-refractivity contribution in [1.82, 2.24) is 4.98 Å². The summed E-state index contributed by atoms with van der Waals surface area (Å²) < 4.78 is 14.2. The Morgan fingerprint density at radius 1 is 1.22 bits per heavy atom. The highest BCUT2D eigenvalue weighted by Crippen LogP contribution is 2.35. The largest absolute Gasteiger partial charge is 0.253 e. The maximum Gasteiger partial charge on any atom is 0.153 e. The summed E-state index contributed by atoms with van der Waals surface area (Å²) in [6.07, 6.45) is 1.41. The van der Waals surface area contributed by atoms with E-state index in [0.29, 0.717) is 15.6 Å². The van der Waals surface area contributed by atoms with Gasteiger partial charge in [-0.15, -0.1) is 0 Å². The lowest BCUT2D eigenvalue weighted by Gasteiger charge is -2.08. The second-order valence-corrected chi connectivity index (χ2v) is 4.38. The molecular formula is C13H7Cl2FN2. The highest BCUT2D eigenvalue weighted by molar-refractivity contribution is 6.39. The molecule has 18 heavy (non-hydrogen) atoms. The lowest BCUT2D eigenvalue weighted by molar-refractivity contribution is 0.613. The summed E-state index contributed by atoms with van der Waals surface area (Å²) >= 11 is 12.0. The monoisotopic (exact) mass is 280 g/mol. The number of nitrogens with zero attached hydrogens (tertiary/aromatic N) is 2. The zero-order chi connectivity index (χ0) is 13.1. The van der Waals surface area contributed by atoms with E-state index in [1.807, 2.05) is 6.07 Å². The number of aromatic nitrogens is 1. The molecule has 2 nitrogen and oxygen atoms in total. The van der Waals surface area contributed by atoms with Crippen LogP contribution in [-0.2, 0) is 6.42 Å². The Hall–Kier alpha value is -1.63. The van der Waals surface area contributed by atoms with Crippen LogP contribution in [0, 0.1) is 17.1 Å². The van der Waals surface area contributed by atoms with Crippen LogP contribution in [0.1, 0.15) is 5.56 Å². The molecule has 1 aromatic heterocycles. The van der Waals surface area contributed by atoms with Gasteiger partial charge in [-0.3, -0.25) is 4.98 Å². The van der Waals surface area contributed by atoms with Gasteiger partial charge in [0.15, 0.2) is 5.82 Å². The van der Waals surface area contributed by atoms with Crippen LogP contribution in [0.25, 0.3) is 11.3 Å². The summed E-state index contributed by atoms with van der Waals surface area (Å²) in [5.74, 6) is -0.561. The zero-order valence-electron chi connectivity index (χ0n) is 9.12. The fourth-order valence-electron chi connectivity index (χ4n) is 1.60. The molecule has 0 saturated carbocycles. The van der Waals surface area contributed by atoms with E-state index in [1.165, 1.54) is 12.3 Å². The number of nitriles is 1. The lowest BCUT2D eigenvalue weighted by atomic mass is 10.1. The molecular weight excluding hydrogens is 274 g/mol. The number of hydrogen-bond donors (Lipinski definition) is 0. The Bertz CT molecular complexity index is 615. The van der Waals surface area contributed by atoms with Crippen molar-refractivity contribution in [3.63, 3.8) is 0 Å². The zero-order valence-corrected chi connectivity index (χ0v) is 10.6. The van der Waals surface area contributed by atoms with E-state index < -0.39 is 5.82 Å². The van der Waals surface area contributed by atoms with Gasteiger partial charge in [-0.25, -0.2) is 4.39 Å². The van der Waals surface area contributed by atoms with Gasteiger partial charge in [-0.2, -0.15) is 5.26 Å². The highest BCUT2D eigenvalue weighted by Gasteiger charge is 2.16. The molecule has 0 unspecified atom stereocenters. The molecule has 0 spiro atoms. The quantitative estimate of drug-likeness (QED) is 0.824. The first-order valence-corrected chi connectivity index (χ1v) is 5.85. The molecule has 0 amide bonds. The molecule has 0 aliphatic heterocycles. The minimum Gasteiger partial charge on any atom is -0.253 e. The number of hydrogen-bond acceptors (Lipinski definition) is 2. The first-order valence-electron chi connectivity index (χ1n) is 5.10. The average molecular weight is 281 g/mol. The van der Waals surface area contributed by atoms with Gasteiger partial charge in [0.25, 0.3) is 0 Å². The first kappa shape index (κ1) is 12.8. The molecule has 0 aliphatic carbocycles. The van der Waals surface area contributed by atoms with Gasteiger partial charge < -0.3 is 0 Å². The molecule has 0 atom stereocenters. The fraction of sp³-hybridized carbons (Fsp3) is 0.0769. The predicted octanol–water partition coefficient (Wildman–Crippen LogP) is 4.26. The third-order valence-corrected chi connectivity index (χ3v) is 3.07. The summed E-state index contributed by atoms with van der Waals surface area (Å²) in [5.41, 5.74) is 0.690. The normalized spacial score (nSPS) is 10.1. The number of pyridine rings is 1. The van der Waals surface area contributed by atoms with Crippen LogP contribution in [0.5, 0.6) is 0 Å². The van der Waals surface area contributed by atoms with Crippen molar-refractivity contribution in [3.05, 3.63) is 51.9 Å². The van der Waals surface area contributed by atoms with E-state index in [2.05, 4.69) is 4.98 Å². The minimum atomic E-state index is -0.561. The van der Waals surface area contributed by atoms with Gasteiger partial charge in [-0.1, -0.05) is 29.3 Å². The molecule has 90 valence electrons. The number of benzene rings is 1. The van der Waals surface area contributed by atoms with Crippen molar-refractivity contribution in [2.45, 2.75) is 6.42 Å². The smallest absolute Gasteiger partial charge is 0.153 e. The molecule has 1 aromatic carbocycles. The van der Waals surface area contributed by atoms with Gasteiger partial charge in [-0.05, 0) is 18.2 Å². The Balaban J connectivity index is 2.66. The van der Waals surface area contributed by atoms with Crippen LogP contribution in [0.4, 0.5) is 4.39 Å². The van der Waals surface area contributed by atoms with Crippen molar-refractivity contribution in [3.8, 4) is 17.3 Å². The summed E-state index contributed by atoms with van der Waals surface area (Å²) in [7, 11) is 0. The summed E-state index contributed by atoms with van der Waals surface area (Å²) in [6, 6.07) is 8.26. The molecule has 0 N–H and O–H groups in total. The van der Waals surface area contributed by atoms with Gasteiger partial charge in [0.05, 0.1) is 22.5 Å². The van der Waals surface area contributed by atoms with Crippen molar-refractivity contribution in [2.75, 3.05) is 0 Å². The number of halogens is 3. The fourth-order valence-corrected chi connectivity index (χ4v) is 2.18. The maximum absolute atomic E-state index is 14.2. The Morgan fingerprint density at radius 2 is 1.89 bits per heavy atom. The SMILES string of the molecule is N#CCc1ccnc(-c2c(Cl)cccc2Cl)c1F. The molecule has 2 rings (SSSR count).